The van der Waals surface area contributed by atoms with Crippen LogP contribution in [-0.4, -0.2) is 36.9 Å². The monoisotopic (exact) mass is 251 g/mol. The van der Waals surface area contributed by atoms with Crippen LogP contribution in [-0.2, 0) is 4.79 Å². The summed E-state index contributed by atoms with van der Waals surface area (Å²) in [6.07, 6.45) is 0. The van der Waals surface area contributed by atoms with E-state index in [1.54, 1.807) is 13.1 Å². The van der Waals surface area contributed by atoms with E-state index in [0.29, 0.717) is 12.2 Å². The van der Waals surface area contributed by atoms with Crippen molar-refractivity contribution in [2.75, 3.05) is 25.9 Å². The third-order valence-corrected chi connectivity index (χ3v) is 2.52. The third kappa shape index (κ3) is 3.38. The van der Waals surface area contributed by atoms with E-state index < -0.39 is 5.91 Å². The van der Waals surface area contributed by atoms with Gasteiger partial charge in [0.1, 0.15) is 5.75 Å². The van der Waals surface area contributed by atoms with Crippen molar-refractivity contribution in [1.82, 2.24) is 4.90 Å². The number of nitrogen functional groups attached to an aromatic ring is 1. The Morgan fingerprint density at radius 1 is 1.39 bits per heavy atom. The molecule has 4 N–H and O–H groups in total. The Morgan fingerprint density at radius 2 is 2.06 bits per heavy atom. The van der Waals surface area contributed by atoms with Crippen LogP contribution in [0, 0.1) is 0 Å². The molecule has 0 saturated carbocycles. The van der Waals surface area contributed by atoms with E-state index in [0.717, 1.165) is 0 Å². The summed E-state index contributed by atoms with van der Waals surface area (Å²) in [7, 11) is 1.67. The fraction of sp³-hybridized carbons (Fsp3) is 0.333. The van der Waals surface area contributed by atoms with Crippen molar-refractivity contribution in [3.63, 3.8) is 0 Å². The van der Waals surface area contributed by atoms with Gasteiger partial charge in [-0.25, -0.2) is 0 Å². The summed E-state index contributed by atoms with van der Waals surface area (Å²) in [5.41, 5.74) is 11.3. The smallest absolute Gasteiger partial charge is 0.260 e. The molecule has 0 aliphatic carbocycles. The number of nitrogens with zero attached hydrogens (tertiary/aromatic N) is 1. The molecule has 0 bridgehead atoms. The van der Waals surface area contributed by atoms with Crippen molar-refractivity contribution in [2.45, 2.75) is 6.92 Å². The van der Waals surface area contributed by atoms with Crippen LogP contribution in [0.25, 0.3) is 0 Å². The largest absolute Gasteiger partial charge is 0.483 e. The van der Waals surface area contributed by atoms with Gasteiger partial charge in [0.25, 0.3) is 11.8 Å². The summed E-state index contributed by atoms with van der Waals surface area (Å²) < 4.78 is 5.29. The van der Waals surface area contributed by atoms with Gasteiger partial charge in [0.15, 0.2) is 6.61 Å². The van der Waals surface area contributed by atoms with Crippen LogP contribution in [0.3, 0.4) is 0 Å². The Balaban J connectivity index is 2.79. The lowest BCUT2D eigenvalue weighted by atomic mass is 10.1. The Hall–Kier alpha value is -2.24. The highest BCUT2D eigenvalue weighted by atomic mass is 16.5. The normalized spacial score (nSPS) is 9.89. The standard InChI is InChI=1S/C12H17N3O3/c1-3-15(2)11(16)7-18-10-5-4-8(13)6-9(10)12(14)17/h4-6H,3,7,13H2,1-2H3,(H2,14,17). The molecule has 6 heteroatoms. The van der Waals surface area contributed by atoms with Crippen molar-refractivity contribution in [3.8, 4) is 5.75 Å². The lowest BCUT2D eigenvalue weighted by Gasteiger charge is -2.15. The van der Waals surface area contributed by atoms with E-state index in [9.17, 15) is 9.59 Å². The highest BCUT2D eigenvalue weighted by Crippen LogP contribution is 2.20. The van der Waals surface area contributed by atoms with Crippen molar-refractivity contribution in [3.05, 3.63) is 23.8 Å². The molecule has 2 amide bonds. The molecule has 18 heavy (non-hydrogen) atoms. The number of rotatable bonds is 5. The highest BCUT2D eigenvalue weighted by molar-refractivity contribution is 5.96. The molecule has 1 aromatic rings. The second-order valence-corrected chi connectivity index (χ2v) is 3.82. The summed E-state index contributed by atoms with van der Waals surface area (Å²) in [5, 5.41) is 0. The van der Waals surface area contributed by atoms with Gasteiger partial charge in [-0.05, 0) is 25.1 Å². The first-order chi connectivity index (χ1) is 8.45. The molecule has 0 radical (unpaired) electrons. The van der Waals surface area contributed by atoms with Gasteiger partial charge in [-0.3, -0.25) is 9.59 Å². The molecule has 1 rings (SSSR count). The molecular weight excluding hydrogens is 234 g/mol. The number of hydrogen-bond donors (Lipinski definition) is 2. The zero-order valence-electron chi connectivity index (χ0n) is 10.5. The fourth-order valence-corrected chi connectivity index (χ4v) is 1.29. The molecular formula is C12H17N3O3. The first-order valence-electron chi connectivity index (χ1n) is 5.51. The number of nitrogens with two attached hydrogens (primary N) is 2. The minimum atomic E-state index is -0.645. The Labute approximate surface area is 105 Å². The maximum absolute atomic E-state index is 11.6. The summed E-state index contributed by atoms with van der Waals surface area (Å²) >= 11 is 0. The number of carbonyl (C=O) groups excluding carboxylic acids is 2. The number of anilines is 1. The number of benzene rings is 1. The van der Waals surface area contributed by atoms with E-state index in [1.807, 2.05) is 6.92 Å². The number of carbonyl (C=O) groups is 2. The number of likely N-dealkylation sites (N-methyl/N-ethyl adjacent to an activating group) is 1. The maximum Gasteiger partial charge on any atom is 0.260 e. The number of amides is 2. The highest BCUT2D eigenvalue weighted by Gasteiger charge is 2.13. The zero-order valence-corrected chi connectivity index (χ0v) is 10.5. The Kier molecular flexibility index (Phi) is 4.53. The first kappa shape index (κ1) is 13.8. The van der Waals surface area contributed by atoms with E-state index in [4.69, 9.17) is 16.2 Å². The average molecular weight is 251 g/mol. The number of primary amides is 1. The summed E-state index contributed by atoms with van der Waals surface area (Å²) in [4.78, 5) is 24.3. The molecule has 0 aromatic heterocycles. The van der Waals surface area contributed by atoms with E-state index in [1.165, 1.54) is 17.0 Å². The topological polar surface area (TPSA) is 98.7 Å². The van der Waals surface area contributed by atoms with E-state index in [2.05, 4.69) is 0 Å². The predicted octanol–water partition coefficient (Wildman–Crippen LogP) is 0.225. The molecule has 6 nitrogen and oxygen atoms in total. The van der Waals surface area contributed by atoms with Crippen molar-refractivity contribution >= 4 is 17.5 Å². The van der Waals surface area contributed by atoms with Crippen LogP contribution in [0.1, 0.15) is 17.3 Å². The summed E-state index contributed by atoms with van der Waals surface area (Å²) in [6, 6.07) is 4.52. The van der Waals surface area contributed by atoms with Crippen LogP contribution < -0.4 is 16.2 Å². The van der Waals surface area contributed by atoms with Gasteiger partial charge in [0.2, 0.25) is 0 Å². The zero-order chi connectivity index (χ0) is 13.7. The predicted molar refractivity (Wildman–Crippen MR) is 68.2 cm³/mol. The van der Waals surface area contributed by atoms with Crippen molar-refractivity contribution < 1.29 is 14.3 Å². The Morgan fingerprint density at radius 3 is 2.61 bits per heavy atom. The van der Waals surface area contributed by atoms with E-state index in [-0.39, 0.29) is 23.8 Å². The number of ether oxygens (including phenoxy) is 1. The number of hydrogen-bond acceptors (Lipinski definition) is 4. The molecule has 0 spiro atoms. The quantitative estimate of drug-likeness (QED) is 0.731. The molecule has 0 atom stereocenters. The van der Waals surface area contributed by atoms with Gasteiger partial charge in [0, 0.05) is 19.3 Å². The lowest BCUT2D eigenvalue weighted by Crippen LogP contribution is -2.31. The van der Waals surface area contributed by atoms with Crippen LogP contribution in [0.2, 0.25) is 0 Å². The van der Waals surface area contributed by atoms with Crippen LogP contribution in [0.5, 0.6) is 5.75 Å². The Bertz CT molecular complexity index is 460. The van der Waals surface area contributed by atoms with Gasteiger partial charge < -0.3 is 21.1 Å². The van der Waals surface area contributed by atoms with Gasteiger partial charge in [-0.15, -0.1) is 0 Å². The molecule has 0 heterocycles. The van der Waals surface area contributed by atoms with Crippen LogP contribution in [0.15, 0.2) is 18.2 Å². The minimum absolute atomic E-state index is 0.144. The summed E-state index contributed by atoms with van der Waals surface area (Å²) in [6.45, 7) is 2.30. The molecule has 98 valence electrons. The molecule has 0 aliphatic rings. The van der Waals surface area contributed by atoms with Gasteiger partial charge in [-0.1, -0.05) is 0 Å². The molecule has 0 aliphatic heterocycles. The molecule has 1 aromatic carbocycles. The SMILES string of the molecule is CCN(C)C(=O)COc1ccc(N)cc1C(N)=O. The van der Waals surface area contributed by atoms with Gasteiger partial charge >= 0.3 is 0 Å². The van der Waals surface area contributed by atoms with Crippen LogP contribution in [0.4, 0.5) is 5.69 Å². The molecule has 0 unspecified atom stereocenters. The van der Waals surface area contributed by atoms with Crippen molar-refractivity contribution in [1.29, 1.82) is 0 Å². The van der Waals surface area contributed by atoms with E-state index >= 15 is 0 Å². The molecule has 0 saturated heterocycles. The van der Waals surface area contributed by atoms with Crippen LogP contribution >= 0.6 is 0 Å². The molecule has 0 fully saturated rings. The van der Waals surface area contributed by atoms with Gasteiger partial charge in [0.05, 0.1) is 5.56 Å². The first-order valence-corrected chi connectivity index (χ1v) is 5.51. The minimum Gasteiger partial charge on any atom is -0.483 e. The maximum atomic E-state index is 11.6. The van der Waals surface area contributed by atoms with Gasteiger partial charge in [-0.2, -0.15) is 0 Å². The second kappa shape index (κ2) is 5.90. The fourth-order valence-electron chi connectivity index (χ4n) is 1.29. The van der Waals surface area contributed by atoms with Crippen molar-refractivity contribution in [2.24, 2.45) is 5.73 Å². The average Bonchev–Trinajstić information content (AvgIpc) is 2.35. The third-order valence-electron chi connectivity index (χ3n) is 2.52. The lowest BCUT2D eigenvalue weighted by molar-refractivity contribution is -0.131. The summed E-state index contributed by atoms with van der Waals surface area (Å²) in [5.74, 6) is -0.562. The second-order valence-electron chi connectivity index (χ2n) is 3.82.